The Hall–Kier alpha value is -1.65. The van der Waals surface area contributed by atoms with Gasteiger partial charge in [0.15, 0.2) is 0 Å². The summed E-state index contributed by atoms with van der Waals surface area (Å²) in [6, 6.07) is 13.0. The van der Waals surface area contributed by atoms with Gasteiger partial charge in [-0.2, -0.15) is 5.10 Å². The predicted octanol–water partition coefficient (Wildman–Crippen LogP) is 1.67. The number of likely N-dealkylation sites (N-methyl/N-ethyl adjacent to an activating group) is 1. The van der Waals surface area contributed by atoms with Crippen LogP contribution < -0.4 is 5.32 Å². The summed E-state index contributed by atoms with van der Waals surface area (Å²) in [5.74, 6) is 0. The number of aromatic nitrogens is 2. The Morgan fingerprint density at radius 2 is 2.11 bits per heavy atom. The molecule has 1 fully saturated rings. The first-order valence-corrected chi connectivity index (χ1v) is 6.85. The van der Waals surface area contributed by atoms with Crippen molar-refractivity contribution in [2.75, 3.05) is 20.1 Å². The molecule has 1 saturated heterocycles. The molecule has 1 aliphatic heterocycles. The van der Waals surface area contributed by atoms with Gasteiger partial charge in [0.25, 0.3) is 0 Å². The average Bonchev–Trinajstić information content (AvgIpc) is 3.09. The number of nitrogens with zero attached hydrogens (tertiary/aromatic N) is 3. The normalized spacial score (nSPS) is 19.9. The van der Waals surface area contributed by atoms with Crippen molar-refractivity contribution < 1.29 is 0 Å². The molecule has 19 heavy (non-hydrogen) atoms. The minimum atomic E-state index is 0.635. The van der Waals surface area contributed by atoms with Crippen molar-refractivity contribution in [3.63, 3.8) is 0 Å². The molecule has 1 N–H and O–H groups in total. The van der Waals surface area contributed by atoms with Gasteiger partial charge in [-0.25, -0.2) is 4.68 Å². The van der Waals surface area contributed by atoms with Crippen molar-refractivity contribution >= 4 is 0 Å². The van der Waals surface area contributed by atoms with Crippen LogP contribution in [0.3, 0.4) is 0 Å². The third kappa shape index (κ3) is 2.85. The Labute approximate surface area is 114 Å². The fourth-order valence-electron chi connectivity index (χ4n) is 2.61. The second kappa shape index (κ2) is 5.55. The summed E-state index contributed by atoms with van der Waals surface area (Å²) in [6.45, 7) is 3.22. The van der Waals surface area contributed by atoms with Gasteiger partial charge in [-0.15, -0.1) is 0 Å². The zero-order valence-electron chi connectivity index (χ0n) is 11.3. The number of likely N-dealkylation sites (tertiary alicyclic amines) is 1. The lowest BCUT2D eigenvalue weighted by atomic mass is 10.3. The molecule has 0 bridgehead atoms. The van der Waals surface area contributed by atoms with Crippen LogP contribution in [0.15, 0.2) is 42.6 Å². The summed E-state index contributed by atoms with van der Waals surface area (Å²) < 4.78 is 1.95. The molecule has 1 aromatic heterocycles. The average molecular weight is 256 g/mol. The minimum Gasteiger partial charge on any atom is -0.316 e. The predicted molar refractivity (Wildman–Crippen MR) is 76.3 cm³/mol. The SMILES string of the molecule is CNC1CCN(Cc2ccn(-c3ccccc3)n2)C1. The van der Waals surface area contributed by atoms with Crippen LogP contribution in [0.1, 0.15) is 12.1 Å². The maximum absolute atomic E-state index is 4.65. The maximum atomic E-state index is 4.65. The summed E-state index contributed by atoms with van der Waals surface area (Å²) in [5, 5.41) is 7.99. The van der Waals surface area contributed by atoms with Gasteiger partial charge < -0.3 is 5.32 Å². The molecule has 4 heteroatoms. The first kappa shape index (κ1) is 12.4. The van der Waals surface area contributed by atoms with E-state index in [-0.39, 0.29) is 0 Å². The Bertz CT molecular complexity index is 520. The van der Waals surface area contributed by atoms with E-state index in [4.69, 9.17) is 0 Å². The van der Waals surface area contributed by atoms with E-state index in [0.29, 0.717) is 6.04 Å². The van der Waals surface area contributed by atoms with Crippen LogP contribution in [-0.4, -0.2) is 40.9 Å². The molecule has 0 amide bonds. The van der Waals surface area contributed by atoms with Gasteiger partial charge in [0.1, 0.15) is 0 Å². The Balaban J connectivity index is 1.66. The molecule has 1 aliphatic rings. The van der Waals surface area contributed by atoms with Gasteiger partial charge in [0.05, 0.1) is 11.4 Å². The molecule has 100 valence electrons. The van der Waals surface area contributed by atoms with Crippen LogP contribution in [0.2, 0.25) is 0 Å². The highest BCUT2D eigenvalue weighted by Crippen LogP contribution is 2.13. The number of rotatable bonds is 4. The van der Waals surface area contributed by atoms with Gasteiger partial charge >= 0.3 is 0 Å². The van der Waals surface area contributed by atoms with Crippen LogP contribution in [0.4, 0.5) is 0 Å². The van der Waals surface area contributed by atoms with Crippen LogP contribution in [0, 0.1) is 0 Å². The van der Waals surface area contributed by atoms with Crippen LogP contribution >= 0.6 is 0 Å². The summed E-state index contributed by atoms with van der Waals surface area (Å²) in [6.07, 6.45) is 3.27. The highest BCUT2D eigenvalue weighted by molar-refractivity contribution is 5.30. The first-order chi connectivity index (χ1) is 9.35. The van der Waals surface area contributed by atoms with E-state index in [1.165, 1.54) is 6.42 Å². The third-order valence-corrected chi connectivity index (χ3v) is 3.73. The maximum Gasteiger partial charge on any atom is 0.0769 e. The minimum absolute atomic E-state index is 0.635. The Morgan fingerprint density at radius 3 is 2.84 bits per heavy atom. The molecule has 0 aliphatic carbocycles. The molecular weight excluding hydrogens is 236 g/mol. The molecule has 1 aromatic carbocycles. The Kier molecular flexibility index (Phi) is 3.62. The van der Waals surface area contributed by atoms with Crippen LogP contribution in [-0.2, 0) is 6.54 Å². The molecule has 1 atom stereocenters. The molecule has 3 rings (SSSR count). The zero-order chi connectivity index (χ0) is 13.1. The number of para-hydroxylation sites is 1. The lowest BCUT2D eigenvalue weighted by molar-refractivity contribution is 0.318. The molecule has 1 unspecified atom stereocenters. The second-order valence-corrected chi connectivity index (χ2v) is 5.10. The van der Waals surface area contributed by atoms with Crippen molar-refractivity contribution in [2.45, 2.75) is 19.0 Å². The van der Waals surface area contributed by atoms with Crippen LogP contribution in [0.25, 0.3) is 5.69 Å². The topological polar surface area (TPSA) is 33.1 Å². The van der Waals surface area contributed by atoms with Crippen molar-refractivity contribution in [1.29, 1.82) is 0 Å². The standard InChI is InChI=1S/C15H20N4/c1-16-13-7-9-18(11-13)12-14-8-10-19(17-14)15-5-3-2-4-6-15/h2-6,8,10,13,16H,7,9,11-12H2,1H3. The van der Waals surface area contributed by atoms with Gasteiger partial charge in [-0.1, -0.05) is 18.2 Å². The second-order valence-electron chi connectivity index (χ2n) is 5.10. The van der Waals surface area contributed by atoms with Gasteiger partial charge in [-0.05, 0) is 31.7 Å². The van der Waals surface area contributed by atoms with Gasteiger partial charge in [0.2, 0.25) is 0 Å². The fourth-order valence-corrected chi connectivity index (χ4v) is 2.61. The number of hydrogen-bond acceptors (Lipinski definition) is 3. The Morgan fingerprint density at radius 1 is 1.26 bits per heavy atom. The largest absolute Gasteiger partial charge is 0.316 e. The zero-order valence-corrected chi connectivity index (χ0v) is 11.3. The molecule has 0 saturated carbocycles. The third-order valence-electron chi connectivity index (χ3n) is 3.73. The van der Waals surface area contributed by atoms with Gasteiger partial charge in [-0.3, -0.25) is 4.90 Å². The lowest BCUT2D eigenvalue weighted by Crippen LogP contribution is -2.29. The van der Waals surface area contributed by atoms with Crippen molar-refractivity contribution in [2.24, 2.45) is 0 Å². The van der Waals surface area contributed by atoms with Crippen molar-refractivity contribution in [3.05, 3.63) is 48.3 Å². The highest BCUT2D eigenvalue weighted by Gasteiger charge is 2.21. The molecule has 0 spiro atoms. The van der Waals surface area contributed by atoms with E-state index in [0.717, 1.165) is 31.0 Å². The molecular formula is C15H20N4. The summed E-state index contributed by atoms with van der Waals surface area (Å²) in [7, 11) is 2.04. The molecule has 4 nitrogen and oxygen atoms in total. The summed E-state index contributed by atoms with van der Waals surface area (Å²) in [5.41, 5.74) is 2.25. The monoisotopic (exact) mass is 256 g/mol. The molecule has 0 radical (unpaired) electrons. The molecule has 2 heterocycles. The lowest BCUT2D eigenvalue weighted by Gasteiger charge is -2.13. The number of hydrogen-bond donors (Lipinski definition) is 1. The van der Waals surface area contributed by atoms with Crippen molar-refractivity contribution in [3.8, 4) is 5.69 Å². The van der Waals surface area contributed by atoms with E-state index < -0.39 is 0 Å². The summed E-state index contributed by atoms with van der Waals surface area (Å²) in [4.78, 5) is 2.46. The van der Waals surface area contributed by atoms with E-state index in [1.807, 2.05) is 36.1 Å². The first-order valence-electron chi connectivity index (χ1n) is 6.85. The van der Waals surface area contributed by atoms with E-state index in [1.54, 1.807) is 0 Å². The van der Waals surface area contributed by atoms with E-state index >= 15 is 0 Å². The fraction of sp³-hybridized carbons (Fsp3) is 0.400. The van der Waals surface area contributed by atoms with E-state index in [9.17, 15) is 0 Å². The highest BCUT2D eigenvalue weighted by atomic mass is 15.3. The van der Waals surface area contributed by atoms with Crippen LogP contribution in [0.5, 0.6) is 0 Å². The van der Waals surface area contributed by atoms with E-state index in [2.05, 4.69) is 33.5 Å². The summed E-state index contributed by atoms with van der Waals surface area (Å²) >= 11 is 0. The number of nitrogens with one attached hydrogen (secondary N) is 1. The quantitative estimate of drug-likeness (QED) is 0.903. The molecule has 2 aromatic rings. The van der Waals surface area contributed by atoms with Crippen molar-refractivity contribution in [1.82, 2.24) is 20.0 Å². The van der Waals surface area contributed by atoms with Gasteiger partial charge in [0, 0.05) is 31.9 Å². The smallest absolute Gasteiger partial charge is 0.0769 e. The number of benzene rings is 1.